The summed E-state index contributed by atoms with van der Waals surface area (Å²) in [4.78, 5) is 23.8. The minimum absolute atomic E-state index is 0.380. The van der Waals surface area contributed by atoms with Crippen molar-refractivity contribution in [2.45, 2.75) is 0 Å². The van der Waals surface area contributed by atoms with Crippen LogP contribution in [-0.4, -0.2) is 38.9 Å². The molecule has 0 radical (unpaired) electrons. The van der Waals surface area contributed by atoms with E-state index in [1.54, 1.807) is 55.7 Å². The Morgan fingerprint density at radius 3 is 2.39 bits per heavy atom. The molecule has 8 nitrogen and oxygen atoms in total. The zero-order valence-corrected chi connectivity index (χ0v) is 15.6. The van der Waals surface area contributed by atoms with Gasteiger partial charge in [-0.3, -0.25) is 9.59 Å². The molecule has 0 saturated carbocycles. The maximum atomic E-state index is 11.9. The topological polar surface area (TPSA) is 98.2 Å². The molecule has 0 aliphatic heterocycles. The first kappa shape index (κ1) is 20.5. The summed E-state index contributed by atoms with van der Waals surface area (Å²) >= 11 is 0. The molecule has 2 rings (SSSR count). The van der Waals surface area contributed by atoms with Gasteiger partial charge in [-0.05, 0) is 36.4 Å². The summed E-state index contributed by atoms with van der Waals surface area (Å²) in [5, 5.41) is 6.25. The number of hydrogen-bond donors (Lipinski definition) is 2. The number of carbonyl (C=O) groups excluding carboxylic acids is 2. The highest BCUT2D eigenvalue weighted by Gasteiger charge is 2.13. The van der Waals surface area contributed by atoms with Gasteiger partial charge in [0.2, 0.25) is 0 Å². The van der Waals surface area contributed by atoms with Crippen molar-refractivity contribution in [2.24, 2.45) is 5.10 Å². The number of hydrazone groups is 1. The molecule has 2 N–H and O–H groups in total. The Morgan fingerprint density at radius 2 is 1.75 bits per heavy atom. The van der Waals surface area contributed by atoms with E-state index in [1.165, 1.54) is 13.3 Å². The summed E-state index contributed by atoms with van der Waals surface area (Å²) < 4.78 is 15.7. The molecule has 0 aromatic heterocycles. The van der Waals surface area contributed by atoms with Crippen molar-refractivity contribution in [1.29, 1.82) is 0 Å². The van der Waals surface area contributed by atoms with E-state index in [4.69, 9.17) is 14.2 Å². The lowest BCUT2D eigenvalue weighted by Gasteiger charge is -2.07. The highest BCUT2D eigenvalue weighted by Crippen LogP contribution is 2.23. The first-order chi connectivity index (χ1) is 13.6. The Labute approximate surface area is 162 Å². The number of ether oxygens (including phenoxy) is 3. The standard InChI is InChI=1S/C20H21N3O5/c1-4-11-28-16-9-6-15(7-10-16)22-19(24)20(25)23-21-13-14-5-8-17(26-2)12-18(14)27-3/h4-10,12-13H,1,11H2,2-3H3,(H,22,24)(H,23,25)/b21-13-. The van der Waals surface area contributed by atoms with E-state index in [-0.39, 0.29) is 0 Å². The van der Waals surface area contributed by atoms with Crippen LogP contribution in [-0.2, 0) is 9.59 Å². The summed E-state index contributed by atoms with van der Waals surface area (Å²) in [6, 6.07) is 11.7. The zero-order valence-electron chi connectivity index (χ0n) is 15.6. The van der Waals surface area contributed by atoms with Crippen LogP contribution < -0.4 is 25.0 Å². The van der Waals surface area contributed by atoms with Gasteiger partial charge in [0.25, 0.3) is 0 Å². The van der Waals surface area contributed by atoms with Gasteiger partial charge in [0.1, 0.15) is 23.9 Å². The van der Waals surface area contributed by atoms with Crippen molar-refractivity contribution in [3.05, 3.63) is 60.7 Å². The van der Waals surface area contributed by atoms with Crippen molar-refractivity contribution < 1.29 is 23.8 Å². The summed E-state index contributed by atoms with van der Waals surface area (Å²) in [5.74, 6) is 0.00796. The van der Waals surface area contributed by atoms with Crippen LogP contribution in [0.4, 0.5) is 5.69 Å². The van der Waals surface area contributed by atoms with Crippen LogP contribution >= 0.6 is 0 Å². The van der Waals surface area contributed by atoms with E-state index >= 15 is 0 Å². The molecule has 0 saturated heterocycles. The highest BCUT2D eigenvalue weighted by atomic mass is 16.5. The number of nitrogens with zero attached hydrogens (tertiary/aromatic N) is 1. The first-order valence-corrected chi connectivity index (χ1v) is 8.27. The Balaban J connectivity index is 1.91. The third-order valence-corrected chi connectivity index (χ3v) is 3.50. The lowest BCUT2D eigenvalue weighted by molar-refractivity contribution is -0.136. The molecule has 28 heavy (non-hydrogen) atoms. The van der Waals surface area contributed by atoms with Crippen molar-refractivity contribution in [3.8, 4) is 17.2 Å². The third-order valence-electron chi connectivity index (χ3n) is 3.50. The average Bonchev–Trinajstić information content (AvgIpc) is 2.73. The van der Waals surface area contributed by atoms with Gasteiger partial charge >= 0.3 is 11.8 Å². The van der Waals surface area contributed by atoms with Crippen molar-refractivity contribution in [2.75, 3.05) is 26.1 Å². The van der Waals surface area contributed by atoms with Crippen LogP contribution in [0, 0.1) is 0 Å². The smallest absolute Gasteiger partial charge is 0.329 e. The van der Waals surface area contributed by atoms with Gasteiger partial charge in [-0.15, -0.1) is 0 Å². The van der Waals surface area contributed by atoms with Gasteiger partial charge < -0.3 is 19.5 Å². The number of amides is 2. The van der Waals surface area contributed by atoms with Crippen LogP contribution in [0.15, 0.2) is 60.2 Å². The van der Waals surface area contributed by atoms with Crippen LogP contribution in [0.1, 0.15) is 5.56 Å². The minimum atomic E-state index is -0.907. The molecule has 146 valence electrons. The van der Waals surface area contributed by atoms with E-state index in [0.717, 1.165) is 0 Å². The molecular formula is C20H21N3O5. The predicted octanol–water partition coefficient (Wildman–Crippen LogP) is 2.36. The Bertz CT molecular complexity index is 863. The number of rotatable bonds is 8. The predicted molar refractivity (Wildman–Crippen MR) is 106 cm³/mol. The van der Waals surface area contributed by atoms with E-state index in [9.17, 15) is 9.59 Å². The lowest BCUT2D eigenvalue weighted by Crippen LogP contribution is -2.32. The number of carbonyl (C=O) groups is 2. The first-order valence-electron chi connectivity index (χ1n) is 8.27. The molecule has 0 fully saturated rings. The van der Waals surface area contributed by atoms with Gasteiger partial charge in [-0.25, -0.2) is 5.43 Å². The average molecular weight is 383 g/mol. The molecule has 0 heterocycles. The molecule has 2 amide bonds. The number of benzene rings is 2. The summed E-state index contributed by atoms with van der Waals surface area (Å²) in [6.45, 7) is 3.94. The SMILES string of the molecule is C=CCOc1ccc(NC(=O)C(=O)N/N=C\c2ccc(OC)cc2OC)cc1. The number of methoxy groups -OCH3 is 2. The normalized spacial score (nSPS) is 10.2. The Hall–Kier alpha value is -3.81. The largest absolute Gasteiger partial charge is 0.497 e. The molecular weight excluding hydrogens is 362 g/mol. The Morgan fingerprint density at radius 1 is 1.04 bits per heavy atom. The van der Waals surface area contributed by atoms with Crippen LogP contribution in [0.3, 0.4) is 0 Å². The second kappa shape index (κ2) is 10.4. The molecule has 0 aliphatic rings. The summed E-state index contributed by atoms with van der Waals surface area (Å²) in [5.41, 5.74) is 3.23. The molecule has 0 atom stereocenters. The third kappa shape index (κ3) is 5.87. The van der Waals surface area contributed by atoms with Crippen LogP contribution in [0.2, 0.25) is 0 Å². The summed E-state index contributed by atoms with van der Waals surface area (Å²) in [6.07, 6.45) is 3.00. The monoisotopic (exact) mass is 383 g/mol. The fourth-order valence-corrected chi connectivity index (χ4v) is 2.11. The van der Waals surface area contributed by atoms with Crippen molar-refractivity contribution >= 4 is 23.7 Å². The Kier molecular flexibility index (Phi) is 7.59. The summed E-state index contributed by atoms with van der Waals surface area (Å²) in [7, 11) is 3.05. The lowest BCUT2D eigenvalue weighted by atomic mass is 10.2. The highest BCUT2D eigenvalue weighted by molar-refractivity contribution is 6.39. The molecule has 0 aliphatic carbocycles. The fourth-order valence-electron chi connectivity index (χ4n) is 2.11. The van der Waals surface area contributed by atoms with Gasteiger partial charge in [0.05, 0.1) is 20.4 Å². The minimum Gasteiger partial charge on any atom is -0.497 e. The quantitative estimate of drug-likeness (QED) is 0.316. The maximum Gasteiger partial charge on any atom is 0.329 e. The van der Waals surface area contributed by atoms with Crippen LogP contribution in [0.25, 0.3) is 0 Å². The van der Waals surface area contributed by atoms with Gasteiger partial charge in [0.15, 0.2) is 0 Å². The molecule has 2 aromatic carbocycles. The van der Waals surface area contributed by atoms with Crippen molar-refractivity contribution in [1.82, 2.24) is 5.43 Å². The molecule has 8 heteroatoms. The van der Waals surface area contributed by atoms with Gasteiger partial charge in [0, 0.05) is 17.3 Å². The number of nitrogens with one attached hydrogen (secondary N) is 2. The van der Waals surface area contributed by atoms with E-state index in [2.05, 4.69) is 22.4 Å². The van der Waals surface area contributed by atoms with E-state index < -0.39 is 11.8 Å². The van der Waals surface area contributed by atoms with Crippen molar-refractivity contribution in [3.63, 3.8) is 0 Å². The van der Waals surface area contributed by atoms with E-state index in [1.807, 2.05) is 0 Å². The second-order valence-corrected chi connectivity index (χ2v) is 5.39. The molecule has 2 aromatic rings. The number of hydrogen-bond acceptors (Lipinski definition) is 6. The van der Waals surface area contributed by atoms with Gasteiger partial charge in [-0.2, -0.15) is 5.10 Å². The number of anilines is 1. The molecule has 0 spiro atoms. The molecule has 0 bridgehead atoms. The fraction of sp³-hybridized carbons (Fsp3) is 0.150. The second-order valence-electron chi connectivity index (χ2n) is 5.39. The zero-order chi connectivity index (χ0) is 20.4. The maximum absolute atomic E-state index is 11.9. The van der Waals surface area contributed by atoms with Gasteiger partial charge in [-0.1, -0.05) is 12.7 Å². The van der Waals surface area contributed by atoms with E-state index in [0.29, 0.717) is 35.1 Å². The molecule has 0 unspecified atom stereocenters. The van der Waals surface area contributed by atoms with Crippen LogP contribution in [0.5, 0.6) is 17.2 Å².